The van der Waals surface area contributed by atoms with Crippen LogP contribution in [0.15, 0.2) is 0 Å². The van der Waals surface area contributed by atoms with Gasteiger partial charge in [-0.25, -0.2) is 0 Å². The van der Waals surface area contributed by atoms with E-state index in [9.17, 15) is 0 Å². The van der Waals surface area contributed by atoms with Gasteiger partial charge in [0, 0.05) is 36.3 Å². The van der Waals surface area contributed by atoms with Crippen LogP contribution < -0.4 is 0 Å². The van der Waals surface area contributed by atoms with Gasteiger partial charge in [0.15, 0.2) is 0 Å². The molecule has 0 spiro atoms. The Morgan fingerprint density at radius 2 is 0.755 bits per heavy atom. The average molecular weight is 687 g/mol. The van der Waals surface area contributed by atoms with Crippen LogP contribution in [0, 0.1) is 59.2 Å². The lowest BCUT2D eigenvalue weighted by Crippen LogP contribution is -2.51. The van der Waals surface area contributed by atoms with Crippen molar-refractivity contribution in [2.45, 2.75) is 228 Å². The summed E-state index contributed by atoms with van der Waals surface area (Å²) in [6.07, 6.45) is 37.3. The minimum atomic E-state index is -1.63. The first kappa shape index (κ1) is 33.7. The van der Waals surface area contributed by atoms with E-state index >= 15 is 0 Å². The van der Waals surface area contributed by atoms with E-state index in [1.165, 1.54) is 51.4 Å². The summed E-state index contributed by atoms with van der Waals surface area (Å²) in [5, 5.41) is 0. The lowest BCUT2D eigenvalue weighted by atomic mass is 9.73. The van der Waals surface area contributed by atoms with Gasteiger partial charge in [0.05, 0.1) is 8.07 Å². The Morgan fingerprint density at radius 1 is 0.388 bits per heavy atom. The van der Waals surface area contributed by atoms with Gasteiger partial charge in [-0.15, -0.1) is 0 Å². The van der Waals surface area contributed by atoms with Gasteiger partial charge in [-0.3, -0.25) is 9.80 Å². The predicted molar refractivity (Wildman–Crippen MR) is 208 cm³/mol. The zero-order valence-electron chi connectivity index (χ0n) is 32.8. The zero-order chi connectivity index (χ0) is 33.0. The normalized spacial score (nSPS) is 52.7. The molecule has 8 saturated carbocycles. The smallest absolute Gasteiger partial charge is 0.0548 e. The van der Waals surface area contributed by atoms with E-state index < -0.39 is 8.07 Å². The fraction of sp³-hybridized carbons (Fsp3) is 1.00. The summed E-state index contributed by atoms with van der Waals surface area (Å²) in [6.45, 7) is 11.6. The molecule has 0 amide bonds. The van der Waals surface area contributed by atoms with Crippen molar-refractivity contribution >= 4 is 8.07 Å². The Bertz CT molecular complexity index is 1080. The van der Waals surface area contributed by atoms with Crippen molar-refractivity contribution < 1.29 is 0 Å². The van der Waals surface area contributed by atoms with Gasteiger partial charge in [-0.2, -0.15) is 0 Å². The quantitative estimate of drug-likeness (QED) is 0.272. The maximum atomic E-state index is 3.44. The summed E-state index contributed by atoms with van der Waals surface area (Å²) in [5.74, 6) is 10.5. The molecule has 16 atom stereocenters. The molecule has 0 radical (unpaired) electrons. The van der Waals surface area contributed by atoms with E-state index in [0.29, 0.717) is 0 Å². The molecule has 0 aromatic heterocycles. The van der Waals surface area contributed by atoms with Crippen LogP contribution in [-0.4, -0.2) is 54.1 Å². The van der Waals surface area contributed by atoms with E-state index in [0.717, 1.165) is 107 Å². The third-order valence-corrected chi connectivity index (χ3v) is 24.6. The fourth-order valence-electron chi connectivity index (χ4n) is 18.5. The number of hydrogen-bond acceptors (Lipinski definition) is 2. The van der Waals surface area contributed by atoms with Gasteiger partial charge in [0.1, 0.15) is 0 Å². The molecule has 0 aromatic carbocycles. The molecule has 49 heavy (non-hydrogen) atoms. The van der Waals surface area contributed by atoms with Crippen LogP contribution in [0.2, 0.25) is 24.2 Å². The standard InChI is InChI=1S/C46H78N2Si/c1-29-23-25-39-37(27-29)41-43(47(39)31-15-7-5-8-16-31)33-19-11-13-21-35(33)45(41)49(3,4)46-36-22-14-12-20-34(36)44-42(46)38-28-30(2)24-26-40(38)48(44)32-17-9-6-10-18-32/h29-46H,5-28H2,1-4H3. The molecule has 2 aliphatic heterocycles. The lowest BCUT2D eigenvalue weighted by molar-refractivity contribution is 0.0335. The molecule has 0 bridgehead atoms. The first-order valence-corrected chi connectivity index (χ1v) is 26.6. The number of nitrogens with zero attached hydrogens (tertiary/aromatic N) is 2. The van der Waals surface area contributed by atoms with Gasteiger partial charge >= 0.3 is 0 Å². The van der Waals surface area contributed by atoms with Gasteiger partial charge < -0.3 is 0 Å². The van der Waals surface area contributed by atoms with Crippen molar-refractivity contribution in [3.63, 3.8) is 0 Å². The van der Waals surface area contributed by atoms with E-state index in [-0.39, 0.29) is 0 Å². The zero-order valence-corrected chi connectivity index (χ0v) is 33.8. The second kappa shape index (κ2) is 13.2. The van der Waals surface area contributed by atoms with E-state index in [2.05, 4.69) is 36.7 Å². The van der Waals surface area contributed by atoms with Crippen molar-refractivity contribution in [1.29, 1.82) is 0 Å². The SMILES string of the molecule is CC1CCC2C(C1)C1C(C3CCCCC3C1[Si](C)(C)C1C3CCCCC3C3C1C1CC(C)CCC1N3C1CCCCC1)N2C1CCCCC1. The topological polar surface area (TPSA) is 6.48 Å². The Morgan fingerprint density at radius 3 is 1.16 bits per heavy atom. The molecule has 10 fully saturated rings. The molecule has 0 N–H and O–H groups in total. The van der Waals surface area contributed by atoms with Crippen LogP contribution in [0.4, 0.5) is 0 Å². The summed E-state index contributed by atoms with van der Waals surface area (Å²) >= 11 is 0. The van der Waals surface area contributed by atoms with Crippen molar-refractivity contribution in [2.24, 2.45) is 59.2 Å². The maximum absolute atomic E-state index is 3.44. The molecular weight excluding hydrogens is 609 g/mol. The lowest BCUT2D eigenvalue weighted by Gasteiger charge is -2.51. The van der Waals surface area contributed by atoms with E-state index in [4.69, 9.17) is 0 Å². The third-order valence-electron chi connectivity index (χ3n) is 19.6. The van der Waals surface area contributed by atoms with E-state index in [1.807, 2.05) is 0 Å². The first-order valence-electron chi connectivity index (χ1n) is 23.5. The van der Waals surface area contributed by atoms with Crippen molar-refractivity contribution in [1.82, 2.24) is 9.80 Å². The highest BCUT2D eigenvalue weighted by Gasteiger charge is 2.71. The van der Waals surface area contributed by atoms with Gasteiger partial charge in [0.2, 0.25) is 0 Å². The summed E-state index contributed by atoms with van der Waals surface area (Å²) in [4.78, 5) is 6.88. The highest BCUT2D eigenvalue weighted by Crippen LogP contribution is 2.73. The second-order valence-electron chi connectivity index (χ2n) is 22.0. The van der Waals surface area contributed by atoms with Gasteiger partial charge in [-0.05, 0) is 147 Å². The van der Waals surface area contributed by atoms with E-state index in [1.54, 1.807) is 103 Å². The van der Waals surface area contributed by atoms with Gasteiger partial charge in [0.25, 0.3) is 0 Å². The highest BCUT2D eigenvalue weighted by atomic mass is 28.3. The van der Waals surface area contributed by atoms with Crippen LogP contribution in [-0.2, 0) is 0 Å². The monoisotopic (exact) mass is 687 g/mol. The minimum absolute atomic E-state index is 0.942. The molecule has 3 heteroatoms. The molecule has 10 aliphatic rings. The number of hydrogen-bond donors (Lipinski definition) is 0. The molecule has 2 heterocycles. The van der Waals surface area contributed by atoms with Crippen molar-refractivity contribution in [3.05, 3.63) is 0 Å². The molecule has 276 valence electrons. The molecule has 0 aromatic rings. The van der Waals surface area contributed by atoms with Crippen molar-refractivity contribution in [2.75, 3.05) is 0 Å². The van der Waals surface area contributed by atoms with Gasteiger partial charge in [-0.1, -0.05) is 104 Å². The van der Waals surface area contributed by atoms with Crippen LogP contribution in [0.1, 0.15) is 168 Å². The molecule has 16 unspecified atom stereocenters. The summed E-state index contributed by atoms with van der Waals surface area (Å²) in [6, 6.07) is 5.76. The molecule has 8 aliphatic carbocycles. The predicted octanol–water partition coefficient (Wildman–Crippen LogP) is 12.0. The number of fused-ring (bicyclic) bond motifs is 10. The Balaban J connectivity index is 1.07. The van der Waals surface area contributed by atoms with Crippen LogP contribution in [0.5, 0.6) is 0 Å². The average Bonchev–Trinajstić information content (AvgIpc) is 3.84. The highest BCUT2D eigenvalue weighted by molar-refractivity contribution is 6.80. The second-order valence-corrected chi connectivity index (χ2v) is 27.0. The largest absolute Gasteiger partial charge is 0.294 e. The Labute approximate surface area is 304 Å². The molecular formula is C46H78N2Si. The van der Waals surface area contributed by atoms with Crippen LogP contribution >= 0.6 is 0 Å². The summed E-state index contributed by atoms with van der Waals surface area (Å²) in [7, 11) is -1.63. The summed E-state index contributed by atoms with van der Waals surface area (Å²) in [5.41, 5.74) is 2.26. The molecule has 10 rings (SSSR count). The first-order chi connectivity index (χ1) is 23.9. The fourth-order valence-corrected chi connectivity index (χ4v) is 24.8. The Kier molecular flexibility index (Phi) is 9.05. The number of rotatable bonds is 4. The third kappa shape index (κ3) is 5.22. The maximum Gasteiger partial charge on any atom is 0.0548 e. The molecule has 2 nitrogen and oxygen atoms in total. The van der Waals surface area contributed by atoms with Crippen molar-refractivity contribution in [3.8, 4) is 0 Å². The van der Waals surface area contributed by atoms with Crippen LogP contribution in [0.3, 0.4) is 0 Å². The summed E-state index contributed by atoms with van der Waals surface area (Å²) < 4.78 is 0. The van der Waals surface area contributed by atoms with Crippen LogP contribution in [0.25, 0.3) is 0 Å². The minimum Gasteiger partial charge on any atom is -0.294 e. The number of likely N-dealkylation sites (tertiary alicyclic amines) is 2. The molecule has 2 saturated heterocycles. The Hall–Kier alpha value is 0.137.